The molecule has 8 nitrogen and oxygen atoms in total. The Kier molecular flexibility index (Phi) is 11.3. The number of carboxylic acids is 1. The molecule has 1 heterocycles. The first kappa shape index (κ1) is 31.4. The number of halogens is 4. The van der Waals surface area contributed by atoms with Crippen LogP contribution in [0.5, 0.6) is 0 Å². The van der Waals surface area contributed by atoms with Crippen LogP contribution in [0.1, 0.15) is 69.7 Å². The van der Waals surface area contributed by atoms with Crippen LogP contribution in [-0.2, 0) is 9.59 Å². The number of carbonyl (C=O) groups is 3. The molecular formula is C25H35Cl3FN4O4+. The van der Waals surface area contributed by atoms with Crippen molar-refractivity contribution >= 4 is 58.7 Å². The number of nitrogens with two attached hydrogens (primary N) is 1. The summed E-state index contributed by atoms with van der Waals surface area (Å²) in [6.45, 7) is 4.17. The molecule has 1 amide bonds. The molecule has 1 saturated carbocycles. The van der Waals surface area contributed by atoms with Gasteiger partial charge in [-0.25, -0.2) is 4.39 Å². The zero-order chi connectivity index (χ0) is 28.0. The molecule has 206 valence electrons. The molecule has 1 fully saturated rings. The van der Waals surface area contributed by atoms with E-state index in [4.69, 9.17) is 40.2 Å². The van der Waals surface area contributed by atoms with Gasteiger partial charge in [-0.05, 0) is 32.6 Å². The van der Waals surface area contributed by atoms with Gasteiger partial charge in [0.05, 0.1) is 40.2 Å². The number of hydrogen-bond acceptors (Lipinski definition) is 5. The topological polar surface area (TPSA) is 128 Å². The van der Waals surface area contributed by atoms with Crippen molar-refractivity contribution in [2.75, 3.05) is 13.1 Å². The third-order valence-electron chi connectivity index (χ3n) is 7.43. The molecule has 0 radical (unpaired) electrons. The van der Waals surface area contributed by atoms with Gasteiger partial charge in [0.2, 0.25) is 5.91 Å². The van der Waals surface area contributed by atoms with E-state index in [0.717, 1.165) is 11.1 Å². The number of quaternary nitrogens is 1. The summed E-state index contributed by atoms with van der Waals surface area (Å²) < 4.78 is 15.4. The van der Waals surface area contributed by atoms with Gasteiger partial charge in [0.1, 0.15) is 11.6 Å². The third-order valence-corrected chi connectivity index (χ3v) is 8.42. The van der Waals surface area contributed by atoms with Crippen molar-refractivity contribution in [2.24, 2.45) is 11.3 Å². The Morgan fingerprint density at radius 2 is 1.81 bits per heavy atom. The molecule has 37 heavy (non-hydrogen) atoms. The van der Waals surface area contributed by atoms with Gasteiger partial charge >= 0.3 is 5.97 Å². The fourth-order valence-electron chi connectivity index (χ4n) is 4.53. The summed E-state index contributed by atoms with van der Waals surface area (Å²) in [6.07, 6.45) is 5.79. The van der Waals surface area contributed by atoms with Gasteiger partial charge in [-0.15, -0.1) is 0 Å². The Bertz CT molecular complexity index is 980. The maximum Gasteiger partial charge on any atom is 0.309 e. The Hall–Kier alpha value is -1.81. The van der Waals surface area contributed by atoms with E-state index in [1.165, 1.54) is 12.4 Å². The Morgan fingerprint density at radius 1 is 1.27 bits per heavy atom. The fourth-order valence-corrected chi connectivity index (χ4v) is 5.49. The minimum atomic E-state index is -1.75. The molecule has 0 aromatic carbocycles. The molecule has 2 unspecified atom stereocenters. The maximum atomic E-state index is 15.4. The highest BCUT2D eigenvalue weighted by Gasteiger charge is 2.42. The number of rotatable bonds is 13. The molecular weight excluding hydrogens is 546 g/mol. The minimum Gasteiger partial charge on any atom is -0.481 e. The smallest absolute Gasteiger partial charge is 0.309 e. The van der Waals surface area contributed by atoms with Crippen molar-refractivity contribution < 1.29 is 29.2 Å². The fraction of sp³-hybridized carbons (Fsp3) is 0.640. The van der Waals surface area contributed by atoms with Gasteiger partial charge in [0, 0.05) is 31.4 Å². The molecule has 0 aliphatic heterocycles. The van der Waals surface area contributed by atoms with Crippen molar-refractivity contribution in [3.05, 3.63) is 28.0 Å². The molecule has 1 aliphatic carbocycles. The third kappa shape index (κ3) is 7.85. The maximum absolute atomic E-state index is 15.4. The van der Waals surface area contributed by atoms with E-state index >= 15 is 4.39 Å². The second-order valence-electron chi connectivity index (χ2n) is 9.99. The predicted octanol–water partition coefficient (Wildman–Crippen LogP) is 4.36. The number of nitrogens with zero attached hydrogens (tertiary/aromatic N) is 2. The minimum absolute atomic E-state index is 0.0141. The first-order valence-electron chi connectivity index (χ1n) is 12.3. The molecule has 0 spiro atoms. The lowest BCUT2D eigenvalue weighted by Crippen LogP contribution is -2.95. The number of ketones is 1. The molecule has 0 bridgehead atoms. The largest absolute Gasteiger partial charge is 0.481 e. The number of carboxylic acid groups (broad SMARTS) is 1. The average molecular weight is 581 g/mol. The lowest BCUT2D eigenvalue weighted by atomic mass is 9.74. The van der Waals surface area contributed by atoms with Gasteiger partial charge < -0.3 is 20.7 Å². The van der Waals surface area contributed by atoms with Gasteiger partial charge in [-0.1, -0.05) is 48.7 Å². The standard InChI is InChI=1S/C25H34Cl3FN4O4/c1-4-25(29,5-2)14-33(13-19(34)20-17(26)11-31-12-18(20)27)22(35)16(10-30)21(28)32-15-6-8-24(3,9-7-15)23(36)37/h10-12,15-16,21,30,32H,4-9,13-14H2,1-3H3,(H,36,37)/p+1. The first-order chi connectivity index (χ1) is 17.3. The lowest BCUT2D eigenvalue weighted by Gasteiger charge is -2.35. The van der Waals surface area contributed by atoms with Crippen molar-refractivity contribution in [1.29, 1.82) is 5.41 Å². The summed E-state index contributed by atoms with van der Waals surface area (Å²) in [5, 5.41) is 19.1. The predicted molar refractivity (Wildman–Crippen MR) is 141 cm³/mol. The monoisotopic (exact) mass is 579 g/mol. The van der Waals surface area contributed by atoms with Gasteiger partial charge in [-0.3, -0.25) is 19.4 Å². The van der Waals surface area contributed by atoms with Crippen molar-refractivity contribution in [3.63, 3.8) is 0 Å². The highest BCUT2D eigenvalue weighted by atomic mass is 35.5. The number of aliphatic carboxylic acids is 1. The SMILES string of the molecule is CCC(F)(CC)CN(CC(=O)c1c(Cl)cncc1Cl)C(=O)C(C=N)C(Cl)[NH2+]C1CCC(C)(C(=O)O)CC1. The number of amides is 1. The van der Waals surface area contributed by atoms with E-state index in [0.29, 0.717) is 25.7 Å². The summed E-state index contributed by atoms with van der Waals surface area (Å²) in [5.41, 5.74) is -3.45. The number of pyridine rings is 1. The number of nitrogens with one attached hydrogen (secondary N) is 1. The molecule has 1 aromatic heterocycles. The van der Waals surface area contributed by atoms with E-state index < -0.39 is 46.7 Å². The van der Waals surface area contributed by atoms with Crippen LogP contribution in [0.15, 0.2) is 12.4 Å². The number of aromatic nitrogens is 1. The van der Waals surface area contributed by atoms with Crippen LogP contribution in [-0.4, -0.2) is 69.2 Å². The Labute approximate surface area is 231 Å². The zero-order valence-corrected chi connectivity index (χ0v) is 23.5. The molecule has 0 saturated heterocycles. The lowest BCUT2D eigenvalue weighted by molar-refractivity contribution is -0.708. The number of Topliss-reactive ketones (excluding diaryl/α,β-unsaturated/α-hetero) is 1. The van der Waals surface area contributed by atoms with Crippen LogP contribution in [0.25, 0.3) is 0 Å². The van der Waals surface area contributed by atoms with E-state index in [1.807, 2.05) is 0 Å². The highest BCUT2D eigenvalue weighted by Crippen LogP contribution is 2.35. The van der Waals surface area contributed by atoms with E-state index in [1.54, 1.807) is 26.1 Å². The number of hydrogen-bond donors (Lipinski definition) is 3. The summed E-state index contributed by atoms with van der Waals surface area (Å²) in [5.74, 6) is -3.21. The van der Waals surface area contributed by atoms with Crippen LogP contribution >= 0.6 is 34.8 Å². The first-order valence-corrected chi connectivity index (χ1v) is 13.5. The average Bonchev–Trinajstić information content (AvgIpc) is 2.85. The molecule has 4 N–H and O–H groups in total. The van der Waals surface area contributed by atoms with Crippen molar-refractivity contribution in [3.8, 4) is 0 Å². The van der Waals surface area contributed by atoms with Crippen molar-refractivity contribution in [1.82, 2.24) is 9.88 Å². The summed E-state index contributed by atoms with van der Waals surface area (Å²) in [6, 6.07) is -0.0266. The highest BCUT2D eigenvalue weighted by molar-refractivity contribution is 6.39. The molecule has 2 rings (SSSR count). The van der Waals surface area contributed by atoms with Crippen LogP contribution in [0.4, 0.5) is 4.39 Å². The zero-order valence-electron chi connectivity index (χ0n) is 21.3. The van der Waals surface area contributed by atoms with E-state index in [9.17, 15) is 19.5 Å². The number of carbonyl (C=O) groups excluding carboxylic acids is 2. The molecule has 1 aromatic rings. The molecule has 1 aliphatic rings. The Balaban J connectivity index is 2.23. The van der Waals surface area contributed by atoms with Crippen LogP contribution in [0.3, 0.4) is 0 Å². The molecule has 12 heteroatoms. The quantitative estimate of drug-likeness (QED) is 0.138. The Morgan fingerprint density at radius 3 is 2.27 bits per heavy atom. The van der Waals surface area contributed by atoms with Crippen LogP contribution in [0, 0.1) is 16.7 Å². The summed E-state index contributed by atoms with van der Waals surface area (Å²) in [4.78, 5) is 43.1. The van der Waals surface area contributed by atoms with E-state index in [-0.39, 0.29) is 41.0 Å². The number of alkyl halides is 2. The van der Waals surface area contributed by atoms with Gasteiger partial charge in [-0.2, -0.15) is 0 Å². The van der Waals surface area contributed by atoms with Crippen LogP contribution < -0.4 is 5.32 Å². The summed E-state index contributed by atoms with van der Waals surface area (Å²) in [7, 11) is 0. The second kappa shape index (κ2) is 13.3. The van der Waals surface area contributed by atoms with Gasteiger partial charge in [0.25, 0.3) is 0 Å². The van der Waals surface area contributed by atoms with E-state index in [2.05, 4.69) is 4.98 Å². The van der Waals surface area contributed by atoms with Gasteiger partial charge in [0.15, 0.2) is 11.3 Å². The normalized spacial score (nSPS) is 21.6. The second-order valence-corrected chi connectivity index (χ2v) is 11.3. The summed E-state index contributed by atoms with van der Waals surface area (Å²) >= 11 is 18.8. The van der Waals surface area contributed by atoms with Crippen molar-refractivity contribution in [2.45, 2.75) is 76.5 Å². The molecule has 2 atom stereocenters. The van der Waals surface area contributed by atoms with Crippen LogP contribution in [0.2, 0.25) is 10.0 Å².